The van der Waals surface area contributed by atoms with Crippen LogP contribution in [0.2, 0.25) is 0 Å². The van der Waals surface area contributed by atoms with Crippen LogP contribution in [-0.2, 0) is 0 Å². The summed E-state index contributed by atoms with van der Waals surface area (Å²) in [7, 11) is 0. The van der Waals surface area contributed by atoms with Crippen LogP contribution < -0.4 is 5.73 Å². The Balaban J connectivity index is 2.52. The van der Waals surface area contributed by atoms with Crippen molar-refractivity contribution < 1.29 is 0 Å². The van der Waals surface area contributed by atoms with E-state index in [4.69, 9.17) is 5.73 Å². The molecule has 3 aromatic rings. The zero-order valence-electron chi connectivity index (χ0n) is 9.11. The minimum atomic E-state index is 0.474. The van der Waals surface area contributed by atoms with Crippen LogP contribution in [0.3, 0.4) is 0 Å². The van der Waals surface area contributed by atoms with E-state index in [9.17, 15) is 0 Å². The molecule has 0 atom stereocenters. The van der Waals surface area contributed by atoms with Gasteiger partial charge in [-0.05, 0) is 35.0 Å². The highest BCUT2D eigenvalue weighted by Gasteiger charge is 2.07. The molecule has 0 fully saturated rings. The van der Waals surface area contributed by atoms with Crippen LogP contribution in [0.5, 0.6) is 0 Å². The van der Waals surface area contributed by atoms with Crippen molar-refractivity contribution in [2.75, 3.05) is 5.73 Å². The summed E-state index contributed by atoms with van der Waals surface area (Å²) < 4.78 is 0.951. The number of fused-ring (bicyclic) bond motifs is 2. The third-order valence-corrected chi connectivity index (χ3v) is 3.24. The van der Waals surface area contributed by atoms with E-state index in [2.05, 4.69) is 30.9 Å². The molecule has 0 bridgehead atoms. The van der Waals surface area contributed by atoms with E-state index in [1.165, 1.54) is 0 Å². The molecule has 2 heterocycles. The van der Waals surface area contributed by atoms with Crippen LogP contribution in [-0.4, -0.2) is 15.0 Å². The third kappa shape index (κ3) is 1.63. The van der Waals surface area contributed by atoms with Crippen molar-refractivity contribution in [3.8, 4) is 0 Å². The summed E-state index contributed by atoms with van der Waals surface area (Å²) in [6.45, 7) is 1.81. The molecule has 84 valence electrons. The lowest BCUT2D eigenvalue weighted by molar-refractivity contribution is 1.08. The molecule has 0 saturated carbocycles. The molecule has 1 aromatic carbocycles. The van der Waals surface area contributed by atoms with Crippen LogP contribution in [0.4, 0.5) is 5.82 Å². The van der Waals surface area contributed by atoms with E-state index in [0.29, 0.717) is 17.3 Å². The molecule has 0 radical (unpaired) electrons. The first kappa shape index (κ1) is 10.4. The third-order valence-electron chi connectivity index (χ3n) is 2.60. The predicted molar refractivity (Wildman–Crippen MR) is 71.7 cm³/mol. The monoisotopic (exact) mass is 288 g/mol. The van der Waals surface area contributed by atoms with Gasteiger partial charge in [0.2, 0.25) is 0 Å². The fourth-order valence-electron chi connectivity index (χ4n) is 1.84. The molecule has 5 heteroatoms. The molecule has 4 nitrogen and oxygen atoms in total. The molecule has 0 aliphatic heterocycles. The van der Waals surface area contributed by atoms with Gasteiger partial charge in [-0.2, -0.15) is 0 Å². The van der Waals surface area contributed by atoms with E-state index < -0.39 is 0 Å². The van der Waals surface area contributed by atoms with E-state index in [0.717, 1.165) is 20.8 Å². The maximum absolute atomic E-state index is 5.88. The second-order valence-electron chi connectivity index (χ2n) is 3.83. The van der Waals surface area contributed by atoms with E-state index in [1.807, 2.05) is 31.2 Å². The number of pyridine rings is 1. The molecule has 0 amide bonds. The molecule has 17 heavy (non-hydrogen) atoms. The predicted octanol–water partition coefficient (Wildman–Crippen LogP) is 2.83. The van der Waals surface area contributed by atoms with Gasteiger partial charge in [-0.1, -0.05) is 12.1 Å². The van der Waals surface area contributed by atoms with Crippen molar-refractivity contribution >= 4 is 43.7 Å². The minimum Gasteiger partial charge on any atom is -0.383 e. The summed E-state index contributed by atoms with van der Waals surface area (Å²) >= 11 is 3.48. The number of nitrogens with zero attached hydrogens (tertiary/aromatic N) is 3. The topological polar surface area (TPSA) is 64.7 Å². The van der Waals surface area contributed by atoms with Crippen molar-refractivity contribution in [1.82, 2.24) is 15.0 Å². The average Bonchev–Trinajstić information content (AvgIpc) is 2.28. The zero-order chi connectivity index (χ0) is 12.0. The van der Waals surface area contributed by atoms with Crippen LogP contribution in [0.15, 0.2) is 28.7 Å². The van der Waals surface area contributed by atoms with Crippen LogP contribution >= 0.6 is 15.9 Å². The number of rotatable bonds is 0. The molecule has 0 unspecified atom stereocenters. The molecule has 2 N–H and O–H groups in total. The number of halogens is 1. The van der Waals surface area contributed by atoms with Gasteiger partial charge in [0.05, 0.1) is 10.9 Å². The number of para-hydroxylation sites is 1. The Morgan fingerprint density at radius 1 is 1.18 bits per heavy atom. The van der Waals surface area contributed by atoms with Gasteiger partial charge in [-0.3, -0.25) is 0 Å². The van der Waals surface area contributed by atoms with Crippen molar-refractivity contribution in [2.45, 2.75) is 6.92 Å². The van der Waals surface area contributed by atoms with Crippen LogP contribution in [0.1, 0.15) is 5.82 Å². The SMILES string of the molecule is Cc1nc(N)c2cc3cccc(Br)c3nc2n1. The van der Waals surface area contributed by atoms with Gasteiger partial charge in [0.1, 0.15) is 11.6 Å². The van der Waals surface area contributed by atoms with Gasteiger partial charge in [0.15, 0.2) is 5.65 Å². The fraction of sp³-hybridized carbons (Fsp3) is 0.0833. The maximum Gasteiger partial charge on any atom is 0.165 e. The number of anilines is 1. The lowest BCUT2D eigenvalue weighted by Gasteiger charge is -2.05. The number of aryl methyl sites for hydroxylation is 1. The molecular formula is C12H9BrN4. The van der Waals surface area contributed by atoms with Crippen LogP contribution in [0.25, 0.3) is 21.9 Å². The Kier molecular flexibility index (Phi) is 2.22. The summed E-state index contributed by atoms with van der Waals surface area (Å²) in [5.74, 6) is 1.11. The maximum atomic E-state index is 5.88. The fourth-order valence-corrected chi connectivity index (χ4v) is 2.31. The molecular weight excluding hydrogens is 280 g/mol. The van der Waals surface area contributed by atoms with E-state index >= 15 is 0 Å². The van der Waals surface area contributed by atoms with Crippen molar-refractivity contribution in [3.63, 3.8) is 0 Å². The first-order valence-electron chi connectivity index (χ1n) is 5.14. The van der Waals surface area contributed by atoms with Crippen molar-refractivity contribution in [1.29, 1.82) is 0 Å². The van der Waals surface area contributed by atoms with Gasteiger partial charge in [0, 0.05) is 9.86 Å². The second kappa shape index (κ2) is 3.63. The average molecular weight is 289 g/mol. The van der Waals surface area contributed by atoms with E-state index in [1.54, 1.807) is 0 Å². The quantitative estimate of drug-likeness (QED) is 0.646. The highest BCUT2D eigenvalue weighted by Crippen LogP contribution is 2.26. The van der Waals surface area contributed by atoms with Crippen molar-refractivity contribution in [3.05, 3.63) is 34.6 Å². The number of hydrogen-bond acceptors (Lipinski definition) is 4. The van der Waals surface area contributed by atoms with Gasteiger partial charge in [0.25, 0.3) is 0 Å². The largest absolute Gasteiger partial charge is 0.383 e. The summed E-state index contributed by atoms with van der Waals surface area (Å²) in [5.41, 5.74) is 7.40. The first-order valence-corrected chi connectivity index (χ1v) is 5.93. The number of nitrogen functional groups attached to an aromatic ring is 1. The second-order valence-corrected chi connectivity index (χ2v) is 4.68. The Morgan fingerprint density at radius 3 is 2.82 bits per heavy atom. The van der Waals surface area contributed by atoms with Gasteiger partial charge >= 0.3 is 0 Å². The molecule has 2 aromatic heterocycles. The molecule has 3 rings (SSSR count). The highest BCUT2D eigenvalue weighted by molar-refractivity contribution is 9.10. The Bertz CT molecular complexity index is 739. The summed E-state index contributed by atoms with van der Waals surface area (Å²) in [6, 6.07) is 7.88. The van der Waals surface area contributed by atoms with E-state index in [-0.39, 0.29) is 0 Å². The number of benzene rings is 1. The van der Waals surface area contributed by atoms with Crippen LogP contribution in [0, 0.1) is 6.92 Å². The number of hydrogen-bond donors (Lipinski definition) is 1. The minimum absolute atomic E-state index is 0.474. The number of nitrogens with two attached hydrogens (primary N) is 1. The first-order chi connectivity index (χ1) is 8.15. The summed E-state index contributed by atoms with van der Waals surface area (Å²) in [6.07, 6.45) is 0. The standard InChI is InChI=1S/C12H9BrN4/c1-6-15-11(14)8-5-7-3-2-4-9(13)10(7)17-12(8)16-6/h2-5H,1H3,(H2,14,15,16,17). The van der Waals surface area contributed by atoms with Crippen molar-refractivity contribution in [2.24, 2.45) is 0 Å². The molecule has 0 aliphatic carbocycles. The normalized spacial score (nSPS) is 11.2. The smallest absolute Gasteiger partial charge is 0.165 e. The Morgan fingerprint density at radius 2 is 2.00 bits per heavy atom. The van der Waals surface area contributed by atoms with Gasteiger partial charge in [-0.25, -0.2) is 15.0 Å². The lowest BCUT2D eigenvalue weighted by atomic mass is 10.2. The Hall–Kier alpha value is -1.75. The summed E-state index contributed by atoms with van der Waals surface area (Å²) in [4.78, 5) is 13.0. The Labute approximate surface area is 106 Å². The zero-order valence-corrected chi connectivity index (χ0v) is 10.7. The lowest BCUT2D eigenvalue weighted by Crippen LogP contribution is -1.99. The highest BCUT2D eigenvalue weighted by atomic mass is 79.9. The molecule has 0 saturated heterocycles. The van der Waals surface area contributed by atoms with Gasteiger partial charge < -0.3 is 5.73 Å². The molecule has 0 aliphatic rings. The molecule has 0 spiro atoms. The summed E-state index contributed by atoms with van der Waals surface area (Å²) in [5, 5.41) is 1.81. The number of aromatic nitrogens is 3. The van der Waals surface area contributed by atoms with Gasteiger partial charge in [-0.15, -0.1) is 0 Å².